The highest BCUT2D eigenvalue weighted by atomic mass is 16.5. The van der Waals surface area contributed by atoms with E-state index in [-0.39, 0.29) is 12.0 Å². The third kappa shape index (κ3) is 4.25. The Hall–Kier alpha value is -2.50. The average Bonchev–Trinajstić information content (AvgIpc) is 2.58. The van der Waals surface area contributed by atoms with Gasteiger partial charge in [0, 0.05) is 25.0 Å². The number of piperidine rings is 1. The lowest BCUT2D eigenvalue weighted by molar-refractivity contribution is -0.133. The number of carbonyl (C=O) groups is 1. The highest BCUT2D eigenvalue weighted by molar-refractivity contribution is 5.78. The van der Waals surface area contributed by atoms with Gasteiger partial charge in [0.05, 0.1) is 18.7 Å². The predicted molar refractivity (Wildman–Crippen MR) is 84.9 cm³/mol. The average molecular weight is 312 g/mol. The third-order valence-electron chi connectivity index (χ3n) is 3.87. The molecule has 0 aromatic carbocycles. The smallest absolute Gasteiger partial charge is 0.233 e. The van der Waals surface area contributed by atoms with Crippen LogP contribution in [0.2, 0.25) is 0 Å². The van der Waals surface area contributed by atoms with Gasteiger partial charge in [-0.3, -0.25) is 9.78 Å². The molecule has 2 aromatic rings. The van der Waals surface area contributed by atoms with Crippen LogP contribution in [0.3, 0.4) is 0 Å². The molecule has 0 bridgehead atoms. The van der Waals surface area contributed by atoms with E-state index in [2.05, 4.69) is 15.2 Å². The fourth-order valence-electron chi connectivity index (χ4n) is 2.67. The summed E-state index contributed by atoms with van der Waals surface area (Å²) >= 11 is 0. The minimum Gasteiger partial charge on any atom is -0.471 e. The normalized spacial score (nSPS) is 17.8. The number of likely N-dealkylation sites (tertiary alicyclic amines) is 1. The largest absolute Gasteiger partial charge is 0.471 e. The van der Waals surface area contributed by atoms with Crippen LogP contribution in [0.1, 0.15) is 24.1 Å². The van der Waals surface area contributed by atoms with Crippen molar-refractivity contribution in [3.63, 3.8) is 0 Å². The van der Waals surface area contributed by atoms with Gasteiger partial charge in [-0.25, -0.2) is 0 Å². The molecule has 0 N–H and O–H groups in total. The van der Waals surface area contributed by atoms with Crippen LogP contribution in [0.15, 0.2) is 36.7 Å². The molecule has 23 heavy (non-hydrogen) atoms. The van der Waals surface area contributed by atoms with Gasteiger partial charge in [-0.15, -0.1) is 5.10 Å². The zero-order valence-corrected chi connectivity index (χ0v) is 13.2. The third-order valence-corrected chi connectivity index (χ3v) is 3.87. The van der Waals surface area contributed by atoms with Gasteiger partial charge < -0.3 is 9.64 Å². The Morgan fingerprint density at radius 2 is 2.26 bits per heavy atom. The second kappa shape index (κ2) is 7.17. The first kappa shape index (κ1) is 15.4. The van der Waals surface area contributed by atoms with Crippen LogP contribution in [-0.2, 0) is 11.2 Å². The SMILES string of the molecule is Cc1ccc(O[C@H]2CCCN(C(=O)Cc3cccnc3)C2)nn1. The van der Waals surface area contributed by atoms with E-state index < -0.39 is 0 Å². The van der Waals surface area contributed by atoms with E-state index in [4.69, 9.17) is 4.74 Å². The molecule has 1 fully saturated rings. The quantitative estimate of drug-likeness (QED) is 0.861. The lowest BCUT2D eigenvalue weighted by atomic mass is 10.1. The van der Waals surface area contributed by atoms with Gasteiger partial charge in [0.25, 0.3) is 0 Å². The lowest BCUT2D eigenvalue weighted by Gasteiger charge is -2.32. The number of hydrogen-bond donors (Lipinski definition) is 0. The zero-order valence-electron chi connectivity index (χ0n) is 13.2. The van der Waals surface area contributed by atoms with Crippen molar-refractivity contribution in [2.24, 2.45) is 0 Å². The Balaban J connectivity index is 1.57. The Labute approximate surface area is 135 Å². The maximum atomic E-state index is 12.4. The summed E-state index contributed by atoms with van der Waals surface area (Å²) in [4.78, 5) is 18.3. The number of aryl methyl sites for hydroxylation is 1. The second-order valence-corrected chi connectivity index (χ2v) is 5.77. The number of aromatic nitrogens is 3. The van der Waals surface area contributed by atoms with Crippen molar-refractivity contribution >= 4 is 5.91 Å². The first-order chi connectivity index (χ1) is 11.2. The van der Waals surface area contributed by atoms with Crippen molar-refractivity contribution in [2.45, 2.75) is 32.3 Å². The number of amides is 1. The minimum atomic E-state index is -0.0291. The van der Waals surface area contributed by atoms with Crippen LogP contribution in [0.4, 0.5) is 0 Å². The summed E-state index contributed by atoms with van der Waals surface area (Å²) in [5.74, 6) is 0.628. The van der Waals surface area contributed by atoms with Crippen molar-refractivity contribution in [1.82, 2.24) is 20.1 Å². The topological polar surface area (TPSA) is 68.2 Å². The van der Waals surface area contributed by atoms with Crippen LogP contribution in [-0.4, -0.2) is 45.2 Å². The molecule has 0 spiro atoms. The summed E-state index contributed by atoms with van der Waals surface area (Å²) in [7, 11) is 0. The van der Waals surface area contributed by atoms with Gasteiger partial charge in [0.1, 0.15) is 6.10 Å². The molecule has 0 unspecified atom stereocenters. The number of ether oxygens (including phenoxy) is 1. The number of pyridine rings is 1. The van der Waals surface area contributed by atoms with E-state index >= 15 is 0 Å². The van der Waals surface area contributed by atoms with Gasteiger partial charge in [0.2, 0.25) is 11.8 Å². The molecule has 1 amide bonds. The zero-order chi connectivity index (χ0) is 16.1. The van der Waals surface area contributed by atoms with E-state index in [1.165, 1.54) is 0 Å². The molecule has 0 radical (unpaired) electrons. The van der Waals surface area contributed by atoms with Crippen molar-refractivity contribution < 1.29 is 9.53 Å². The second-order valence-electron chi connectivity index (χ2n) is 5.77. The molecule has 3 heterocycles. The summed E-state index contributed by atoms with van der Waals surface area (Å²) in [6, 6.07) is 7.46. The number of hydrogen-bond acceptors (Lipinski definition) is 5. The van der Waals surface area contributed by atoms with Crippen molar-refractivity contribution in [3.05, 3.63) is 47.9 Å². The fourth-order valence-corrected chi connectivity index (χ4v) is 2.67. The molecular weight excluding hydrogens is 292 g/mol. The molecule has 1 aliphatic heterocycles. The van der Waals surface area contributed by atoms with Crippen molar-refractivity contribution in [3.8, 4) is 5.88 Å². The minimum absolute atomic E-state index is 0.0291. The van der Waals surface area contributed by atoms with Crippen molar-refractivity contribution in [1.29, 1.82) is 0 Å². The summed E-state index contributed by atoms with van der Waals surface area (Å²) < 4.78 is 5.86. The van der Waals surface area contributed by atoms with Crippen LogP contribution >= 0.6 is 0 Å². The van der Waals surface area contributed by atoms with E-state index in [1.54, 1.807) is 12.4 Å². The predicted octanol–water partition coefficient (Wildman–Crippen LogP) is 1.79. The standard InChI is InChI=1S/C17H20N4O2/c1-13-6-7-16(20-19-13)23-15-5-3-9-21(12-15)17(22)10-14-4-2-8-18-11-14/h2,4,6-8,11,15H,3,5,9-10,12H2,1H3/t15-/m0/s1. The number of rotatable bonds is 4. The molecule has 1 saturated heterocycles. The molecule has 1 aliphatic rings. The first-order valence-electron chi connectivity index (χ1n) is 7.84. The lowest BCUT2D eigenvalue weighted by Crippen LogP contribution is -2.45. The molecule has 0 aliphatic carbocycles. The maximum absolute atomic E-state index is 12.4. The summed E-state index contributed by atoms with van der Waals surface area (Å²) in [5, 5.41) is 8.02. The highest BCUT2D eigenvalue weighted by Gasteiger charge is 2.25. The van der Waals surface area contributed by atoms with Gasteiger partial charge in [-0.2, -0.15) is 5.10 Å². The summed E-state index contributed by atoms with van der Waals surface area (Å²) in [6.07, 6.45) is 5.65. The van der Waals surface area contributed by atoms with E-state index in [9.17, 15) is 4.79 Å². The molecule has 0 saturated carbocycles. The molecule has 120 valence electrons. The van der Waals surface area contributed by atoms with Crippen LogP contribution in [0.5, 0.6) is 5.88 Å². The summed E-state index contributed by atoms with van der Waals surface area (Å²) in [5.41, 5.74) is 1.79. The Morgan fingerprint density at radius 3 is 3.00 bits per heavy atom. The van der Waals surface area contributed by atoms with Crippen LogP contribution < -0.4 is 4.74 Å². The molecule has 3 rings (SSSR count). The van der Waals surface area contributed by atoms with Crippen LogP contribution in [0, 0.1) is 6.92 Å². The first-order valence-corrected chi connectivity index (χ1v) is 7.84. The van der Waals surface area contributed by atoms with Gasteiger partial charge in [-0.05, 0) is 37.5 Å². The molecular formula is C17H20N4O2. The number of nitrogens with zero attached hydrogens (tertiary/aromatic N) is 4. The van der Waals surface area contributed by atoms with Crippen molar-refractivity contribution in [2.75, 3.05) is 13.1 Å². The Bertz CT molecular complexity index is 645. The van der Waals surface area contributed by atoms with Gasteiger partial charge >= 0.3 is 0 Å². The molecule has 1 atom stereocenters. The van der Waals surface area contributed by atoms with Gasteiger partial charge in [-0.1, -0.05) is 6.07 Å². The van der Waals surface area contributed by atoms with Crippen LogP contribution in [0.25, 0.3) is 0 Å². The van der Waals surface area contributed by atoms with Gasteiger partial charge in [0.15, 0.2) is 0 Å². The molecule has 6 heteroatoms. The number of carbonyl (C=O) groups excluding carboxylic acids is 1. The fraction of sp³-hybridized carbons (Fsp3) is 0.412. The molecule has 6 nitrogen and oxygen atoms in total. The summed E-state index contributed by atoms with van der Waals surface area (Å²) in [6.45, 7) is 3.25. The molecule has 2 aromatic heterocycles. The van der Waals surface area contributed by atoms with E-state index in [1.807, 2.05) is 36.1 Å². The van der Waals surface area contributed by atoms with E-state index in [0.29, 0.717) is 18.8 Å². The Morgan fingerprint density at radius 1 is 1.35 bits per heavy atom. The monoisotopic (exact) mass is 312 g/mol. The Kier molecular flexibility index (Phi) is 4.80. The van der Waals surface area contributed by atoms with E-state index in [0.717, 1.165) is 30.6 Å². The maximum Gasteiger partial charge on any atom is 0.233 e. The highest BCUT2D eigenvalue weighted by Crippen LogP contribution is 2.17.